The van der Waals surface area contributed by atoms with Gasteiger partial charge in [-0.25, -0.2) is 4.79 Å². The van der Waals surface area contributed by atoms with Crippen LogP contribution in [-0.2, 0) is 25.4 Å². The van der Waals surface area contributed by atoms with Gasteiger partial charge in [-0.2, -0.15) is 0 Å². The fourth-order valence-corrected chi connectivity index (χ4v) is 5.12. The Morgan fingerprint density at radius 2 is 2.03 bits per heavy atom. The molecule has 0 aliphatic carbocycles. The molecule has 1 aromatic carbocycles. The largest absolute Gasteiger partial charge is 0.443 e. The SMILES string of the molecule is CC(C)CN(C[C@@H](O)C(Cc1ccccc1)NC(=O)OC1CO[C@H]2OCC[C@@H]12)[C@H]1CCNC1=O. The van der Waals surface area contributed by atoms with Crippen molar-refractivity contribution in [1.29, 1.82) is 0 Å². The molecule has 3 saturated heterocycles. The predicted molar refractivity (Wildman–Crippen MR) is 125 cm³/mol. The number of nitrogens with one attached hydrogen (secondary N) is 2. The van der Waals surface area contributed by atoms with Crippen LogP contribution >= 0.6 is 0 Å². The van der Waals surface area contributed by atoms with Crippen molar-refractivity contribution in [2.24, 2.45) is 11.8 Å². The molecule has 3 aliphatic rings. The Kier molecular flexibility index (Phi) is 8.41. The van der Waals surface area contributed by atoms with Crippen LogP contribution in [0.2, 0.25) is 0 Å². The molecule has 1 aromatic rings. The molecule has 9 heteroatoms. The van der Waals surface area contributed by atoms with E-state index < -0.39 is 18.2 Å². The van der Waals surface area contributed by atoms with Gasteiger partial charge < -0.3 is 30.0 Å². The van der Waals surface area contributed by atoms with E-state index in [0.29, 0.717) is 45.1 Å². The normalized spacial score (nSPS) is 28.1. The highest BCUT2D eigenvalue weighted by molar-refractivity contribution is 5.83. The first-order chi connectivity index (χ1) is 16.4. The molecule has 3 N–H and O–H groups in total. The van der Waals surface area contributed by atoms with E-state index in [4.69, 9.17) is 14.2 Å². The van der Waals surface area contributed by atoms with Gasteiger partial charge in [0.25, 0.3) is 0 Å². The van der Waals surface area contributed by atoms with Crippen LogP contribution in [0.5, 0.6) is 0 Å². The summed E-state index contributed by atoms with van der Waals surface area (Å²) >= 11 is 0. The number of carbonyl (C=O) groups excluding carboxylic acids is 2. The monoisotopic (exact) mass is 475 g/mol. The molecule has 0 saturated carbocycles. The first-order valence-electron chi connectivity index (χ1n) is 12.3. The van der Waals surface area contributed by atoms with Crippen LogP contribution in [-0.4, -0.2) is 85.4 Å². The maximum absolute atomic E-state index is 12.8. The Bertz CT molecular complexity index is 822. The van der Waals surface area contributed by atoms with Crippen molar-refractivity contribution < 1.29 is 28.9 Å². The summed E-state index contributed by atoms with van der Waals surface area (Å²) in [7, 11) is 0. The summed E-state index contributed by atoms with van der Waals surface area (Å²) in [6, 6.07) is 8.88. The Hall–Kier alpha value is -2.20. The fourth-order valence-electron chi connectivity index (χ4n) is 5.12. The van der Waals surface area contributed by atoms with Crippen molar-refractivity contribution in [1.82, 2.24) is 15.5 Å². The van der Waals surface area contributed by atoms with Crippen LogP contribution in [0.1, 0.15) is 32.3 Å². The summed E-state index contributed by atoms with van der Waals surface area (Å²) in [5.74, 6) is 0.370. The Balaban J connectivity index is 1.43. The van der Waals surface area contributed by atoms with Crippen LogP contribution in [0.3, 0.4) is 0 Å². The summed E-state index contributed by atoms with van der Waals surface area (Å²) in [6.45, 7) is 6.70. The number of nitrogens with zero attached hydrogens (tertiary/aromatic N) is 1. The lowest BCUT2D eigenvalue weighted by molar-refractivity contribution is -0.124. The molecule has 2 unspecified atom stereocenters. The van der Waals surface area contributed by atoms with E-state index in [2.05, 4.69) is 24.5 Å². The van der Waals surface area contributed by atoms with Gasteiger partial charge in [-0.1, -0.05) is 44.2 Å². The van der Waals surface area contributed by atoms with Gasteiger partial charge in [0, 0.05) is 19.6 Å². The number of hydrogen-bond donors (Lipinski definition) is 3. The van der Waals surface area contributed by atoms with E-state index in [9.17, 15) is 14.7 Å². The number of fused-ring (bicyclic) bond motifs is 1. The third-order valence-corrected chi connectivity index (χ3v) is 6.79. The molecule has 0 radical (unpaired) electrons. The lowest BCUT2D eigenvalue weighted by Crippen LogP contribution is -2.53. The number of rotatable bonds is 10. The quantitative estimate of drug-likeness (QED) is 0.468. The molecular weight excluding hydrogens is 438 g/mol. The standard InChI is InChI=1S/C25H37N3O6/c1-16(2)13-28(20-8-10-26-23(20)30)14-21(29)19(12-17-6-4-3-5-7-17)27-25(31)34-22-15-33-24-18(22)9-11-32-24/h3-7,16,18-22,24,29H,8-15H2,1-2H3,(H,26,30)(H,27,31)/t18-,19?,20-,21+,22?,24+/m0/s1. The van der Waals surface area contributed by atoms with Crippen LogP contribution in [0.15, 0.2) is 30.3 Å². The molecule has 6 atom stereocenters. The maximum atomic E-state index is 12.8. The van der Waals surface area contributed by atoms with Gasteiger partial charge >= 0.3 is 6.09 Å². The molecule has 9 nitrogen and oxygen atoms in total. The van der Waals surface area contributed by atoms with Crippen LogP contribution in [0, 0.1) is 11.8 Å². The van der Waals surface area contributed by atoms with Gasteiger partial charge in [-0.3, -0.25) is 9.69 Å². The van der Waals surface area contributed by atoms with Crippen molar-refractivity contribution in [2.75, 3.05) is 32.8 Å². The van der Waals surface area contributed by atoms with Crippen molar-refractivity contribution in [3.05, 3.63) is 35.9 Å². The highest BCUT2D eigenvalue weighted by atomic mass is 16.7. The van der Waals surface area contributed by atoms with E-state index in [1.54, 1.807) is 0 Å². The molecule has 0 spiro atoms. The van der Waals surface area contributed by atoms with E-state index in [1.165, 1.54) is 0 Å². The van der Waals surface area contributed by atoms with Crippen molar-refractivity contribution >= 4 is 12.0 Å². The first-order valence-corrected chi connectivity index (χ1v) is 12.3. The maximum Gasteiger partial charge on any atom is 0.407 e. The van der Waals surface area contributed by atoms with E-state index in [0.717, 1.165) is 12.0 Å². The Labute approximate surface area is 201 Å². The molecule has 188 valence electrons. The summed E-state index contributed by atoms with van der Waals surface area (Å²) < 4.78 is 16.8. The van der Waals surface area contributed by atoms with E-state index in [-0.39, 0.29) is 36.8 Å². The molecular formula is C25H37N3O6. The number of aliphatic hydroxyl groups is 1. The number of carbonyl (C=O) groups is 2. The Morgan fingerprint density at radius 1 is 1.24 bits per heavy atom. The zero-order valence-electron chi connectivity index (χ0n) is 20.0. The van der Waals surface area contributed by atoms with Crippen molar-refractivity contribution in [3.63, 3.8) is 0 Å². The molecule has 3 fully saturated rings. The number of aliphatic hydroxyl groups excluding tert-OH is 1. The third-order valence-electron chi connectivity index (χ3n) is 6.79. The van der Waals surface area contributed by atoms with Crippen LogP contribution in [0.4, 0.5) is 4.79 Å². The molecule has 34 heavy (non-hydrogen) atoms. The van der Waals surface area contributed by atoms with Gasteiger partial charge in [-0.05, 0) is 30.7 Å². The number of amides is 2. The van der Waals surface area contributed by atoms with Gasteiger partial charge in [0.05, 0.1) is 37.3 Å². The molecule has 4 rings (SSSR count). The summed E-state index contributed by atoms with van der Waals surface area (Å²) in [4.78, 5) is 27.2. The van der Waals surface area contributed by atoms with Crippen molar-refractivity contribution in [3.8, 4) is 0 Å². The first kappa shape index (κ1) is 24.9. The predicted octanol–water partition coefficient (Wildman–Crippen LogP) is 1.29. The number of benzene rings is 1. The molecule has 2 amide bonds. The van der Waals surface area contributed by atoms with E-state index in [1.807, 2.05) is 35.2 Å². The Morgan fingerprint density at radius 3 is 2.74 bits per heavy atom. The molecule has 0 aromatic heterocycles. The highest BCUT2D eigenvalue weighted by Gasteiger charge is 2.44. The van der Waals surface area contributed by atoms with Gasteiger partial charge in [0.15, 0.2) is 6.29 Å². The summed E-state index contributed by atoms with van der Waals surface area (Å²) in [5, 5.41) is 17.1. The second-order valence-corrected chi connectivity index (χ2v) is 9.92. The average molecular weight is 476 g/mol. The second kappa shape index (κ2) is 11.5. The topological polar surface area (TPSA) is 109 Å². The van der Waals surface area contributed by atoms with E-state index >= 15 is 0 Å². The van der Waals surface area contributed by atoms with Crippen molar-refractivity contribution in [2.45, 2.75) is 63.7 Å². The minimum Gasteiger partial charge on any atom is -0.443 e. The highest BCUT2D eigenvalue weighted by Crippen LogP contribution is 2.33. The van der Waals surface area contributed by atoms with Gasteiger partial charge in [-0.15, -0.1) is 0 Å². The summed E-state index contributed by atoms with van der Waals surface area (Å²) in [6.07, 6.45) is -0.167. The minimum absolute atomic E-state index is 0.00519. The van der Waals surface area contributed by atoms with Crippen LogP contribution < -0.4 is 10.6 Å². The lowest BCUT2D eigenvalue weighted by Gasteiger charge is -2.33. The second-order valence-electron chi connectivity index (χ2n) is 9.92. The zero-order chi connectivity index (χ0) is 24.1. The smallest absolute Gasteiger partial charge is 0.407 e. The number of hydrogen-bond acceptors (Lipinski definition) is 7. The zero-order valence-corrected chi connectivity index (χ0v) is 20.0. The third kappa shape index (κ3) is 6.27. The number of ether oxygens (including phenoxy) is 3. The van der Waals surface area contributed by atoms with Gasteiger partial charge in [0.2, 0.25) is 5.91 Å². The molecule has 3 aliphatic heterocycles. The fraction of sp³-hybridized carbons (Fsp3) is 0.680. The van der Waals surface area contributed by atoms with Gasteiger partial charge in [0.1, 0.15) is 6.10 Å². The minimum atomic E-state index is -0.887. The number of alkyl carbamates (subject to hydrolysis) is 1. The van der Waals surface area contributed by atoms with Crippen LogP contribution in [0.25, 0.3) is 0 Å². The molecule has 0 bridgehead atoms. The average Bonchev–Trinajstić information content (AvgIpc) is 3.52. The molecule has 3 heterocycles. The summed E-state index contributed by atoms with van der Waals surface area (Å²) in [5.41, 5.74) is 0.995. The lowest BCUT2D eigenvalue weighted by atomic mass is 9.99.